The van der Waals surface area contributed by atoms with Gasteiger partial charge in [-0.3, -0.25) is 0 Å². The summed E-state index contributed by atoms with van der Waals surface area (Å²) < 4.78 is 7.74. The van der Waals surface area contributed by atoms with Crippen molar-refractivity contribution < 1.29 is 38.9 Å². The zero-order valence-electron chi connectivity index (χ0n) is 8.65. The fourth-order valence-corrected chi connectivity index (χ4v) is 1.02. The summed E-state index contributed by atoms with van der Waals surface area (Å²) in [5.41, 5.74) is -0.214. The number of hydrogen-bond acceptors (Lipinski definition) is 6. The van der Waals surface area contributed by atoms with Gasteiger partial charge in [0.15, 0.2) is 0 Å². The number of ether oxygens (including phenoxy) is 2. The van der Waals surface area contributed by atoms with Crippen molar-refractivity contribution in [3.63, 3.8) is 0 Å². The van der Waals surface area contributed by atoms with Crippen LogP contribution < -0.4 is 0 Å². The number of carboxylic acid groups (broad SMARTS) is 2. The van der Waals surface area contributed by atoms with Crippen LogP contribution in [0.3, 0.4) is 0 Å². The summed E-state index contributed by atoms with van der Waals surface area (Å²) in [7, 11) is 0. The van der Waals surface area contributed by atoms with Gasteiger partial charge in [0.1, 0.15) is 0 Å². The molecule has 0 amide bonds. The zero-order chi connectivity index (χ0) is 13.7. The minimum Gasteiger partial charge on any atom is -0.449 e. The molecule has 0 atom stereocenters. The smallest absolute Gasteiger partial charge is 0.449 e. The molecule has 18 heavy (non-hydrogen) atoms. The highest BCUT2D eigenvalue weighted by atomic mass is 16.7. The third kappa shape index (κ3) is 3.59. The molecule has 1 rings (SSSR count). The first-order valence-corrected chi connectivity index (χ1v) is 4.40. The predicted molar refractivity (Wildman–Crippen MR) is 53.3 cm³/mol. The summed E-state index contributed by atoms with van der Waals surface area (Å²) >= 11 is 0. The largest absolute Gasteiger partial charge is 0.513 e. The van der Waals surface area contributed by atoms with Crippen molar-refractivity contribution in [1.82, 2.24) is 0 Å². The van der Waals surface area contributed by atoms with E-state index in [0.29, 0.717) is 0 Å². The minimum absolute atomic E-state index is 0.107. The van der Waals surface area contributed by atoms with Crippen LogP contribution in [-0.4, -0.2) is 34.5 Å². The number of carbonyl (C=O) groups excluding carboxylic acids is 2. The highest BCUT2D eigenvalue weighted by Crippen LogP contribution is 2.07. The molecule has 8 nitrogen and oxygen atoms in total. The van der Waals surface area contributed by atoms with Gasteiger partial charge >= 0.3 is 24.2 Å². The lowest BCUT2D eigenvalue weighted by atomic mass is 10.1. The molecule has 0 fully saturated rings. The molecule has 0 heterocycles. The van der Waals surface area contributed by atoms with Crippen LogP contribution in [-0.2, 0) is 9.47 Å². The number of esters is 2. The Morgan fingerprint density at radius 1 is 0.722 bits per heavy atom. The van der Waals surface area contributed by atoms with Gasteiger partial charge in [0.2, 0.25) is 0 Å². The molecule has 0 spiro atoms. The molecule has 8 heteroatoms. The summed E-state index contributed by atoms with van der Waals surface area (Å²) in [6, 6.07) is 4.40. The van der Waals surface area contributed by atoms with Gasteiger partial charge in [0.25, 0.3) is 0 Å². The molecule has 0 aliphatic heterocycles. The van der Waals surface area contributed by atoms with Gasteiger partial charge in [-0.15, -0.1) is 0 Å². The quantitative estimate of drug-likeness (QED) is 0.598. The molecule has 1 aromatic carbocycles. The van der Waals surface area contributed by atoms with Crippen molar-refractivity contribution in [2.24, 2.45) is 0 Å². The summed E-state index contributed by atoms with van der Waals surface area (Å²) in [4.78, 5) is 42.4. The Hall–Kier alpha value is -2.90. The van der Waals surface area contributed by atoms with Crippen LogP contribution in [0.1, 0.15) is 20.7 Å². The molecule has 0 bridgehead atoms. The van der Waals surface area contributed by atoms with E-state index in [2.05, 4.69) is 9.47 Å². The van der Waals surface area contributed by atoms with E-state index in [-0.39, 0.29) is 11.1 Å². The van der Waals surface area contributed by atoms with Crippen molar-refractivity contribution in [3.8, 4) is 0 Å². The molecule has 0 unspecified atom stereocenters. The average molecular weight is 254 g/mol. The van der Waals surface area contributed by atoms with Crippen molar-refractivity contribution in [2.75, 3.05) is 0 Å². The molecule has 0 radical (unpaired) electrons. The Labute approximate surface area is 99.4 Å². The lowest BCUT2D eigenvalue weighted by Gasteiger charge is -2.01. The predicted octanol–water partition coefficient (Wildman–Crippen LogP) is 1.36. The van der Waals surface area contributed by atoms with Gasteiger partial charge in [-0.1, -0.05) is 0 Å². The summed E-state index contributed by atoms with van der Waals surface area (Å²) in [6.07, 6.45) is -3.51. The fourth-order valence-electron chi connectivity index (χ4n) is 1.02. The van der Waals surface area contributed by atoms with Gasteiger partial charge in [-0.25, -0.2) is 19.2 Å². The molecule has 0 saturated heterocycles. The lowest BCUT2D eigenvalue weighted by molar-refractivity contribution is 0.0486. The molecule has 94 valence electrons. The van der Waals surface area contributed by atoms with E-state index in [9.17, 15) is 19.2 Å². The SMILES string of the molecule is O=C(O)OC(=O)c1ccc(C(=O)OC(=O)O)cc1. The molecular weight excluding hydrogens is 248 g/mol. The van der Waals surface area contributed by atoms with Crippen LogP contribution in [0.25, 0.3) is 0 Å². The summed E-state index contributed by atoms with van der Waals surface area (Å²) in [6.45, 7) is 0. The van der Waals surface area contributed by atoms with Crippen LogP contribution >= 0.6 is 0 Å². The molecule has 1 aromatic rings. The van der Waals surface area contributed by atoms with Crippen molar-refractivity contribution in [1.29, 1.82) is 0 Å². The van der Waals surface area contributed by atoms with Crippen LogP contribution in [0.4, 0.5) is 9.59 Å². The van der Waals surface area contributed by atoms with E-state index in [1.807, 2.05) is 0 Å². The van der Waals surface area contributed by atoms with Gasteiger partial charge in [-0.05, 0) is 24.3 Å². The van der Waals surface area contributed by atoms with E-state index in [1.165, 1.54) is 0 Å². The highest BCUT2D eigenvalue weighted by Gasteiger charge is 2.14. The monoisotopic (exact) mass is 254 g/mol. The van der Waals surface area contributed by atoms with Gasteiger partial charge < -0.3 is 19.7 Å². The average Bonchev–Trinajstić information content (AvgIpc) is 2.27. The first kappa shape index (κ1) is 13.2. The number of rotatable bonds is 2. The first-order chi connectivity index (χ1) is 8.40. The van der Waals surface area contributed by atoms with Gasteiger partial charge in [-0.2, -0.15) is 0 Å². The second-order valence-electron chi connectivity index (χ2n) is 2.89. The van der Waals surface area contributed by atoms with Gasteiger partial charge in [0.05, 0.1) is 11.1 Å². The van der Waals surface area contributed by atoms with Crippen LogP contribution in [0.5, 0.6) is 0 Å². The Morgan fingerprint density at radius 2 is 1.00 bits per heavy atom. The summed E-state index contributed by atoms with van der Waals surface area (Å²) in [5.74, 6) is -2.22. The van der Waals surface area contributed by atoms with E-state index >= 15 is 0 Å². The van der Waals surface area contributed by atoms with E-state index in [1.54, 1.807) is 0 Å². The topological polar surface area (TPSA) is 127 Å². The maximum atomic E-state index is 11.1. The van der Waals surface area contributed by atoms with E-state index in [0.717, 1.165) is 24.3 Å². The molecule has 0 saturated carbocycles. The number of benzene rings is 1. The second-order valence-corrected chi connectivity index (χ2v) is 2.89. The van der Waals surface area contributed by atoms with Crippen molar-refractivity contribution >= 4 is 24.2 Å². The third-order valence-corrected chi connectivity index (χ3v) is 1.72. The maximum absolute atomic E-state index is 11.1. The van der Waals surface area contributed by atoms with E-state index in [4.69, 9.17) is 10.2 Å². The summed E-state index contributed by atoms with van der Waals surface area (Å²) in [5, 5.41) is 16.4. The standard InChI is InChI=1S/C10H6O8/c11-7(17-9(13)14)5-1-2-6(4-3-5)8(12)18-10(15)16/h1-4H,(H,13,14)(H,15,16). The van der Waals surface area contributed by atoms with Crippen LogP contribution in [0, 0.1) is 0 Å². The normalized spacial score (nSPS) is 9.33. The Morgan fingerprint density at radius 3 is 1.22 bits per heavy atom. The Balaban J connectivity index is 2.79. The second kappa shape index (κ2) is 5.43. The first-order valence-electron chi connectivity index (χ1n) is 4.40. The molecule has 2 N–H and O–H groups in total. The third-order valence-electron chi connectivity index (χ3n) is 1.72. The lowest BCUT2D eigenvalue weighted by Crippen LogP contribution is -2.12. The highest BCUT2D eigenvalue weighted by molar-refractivity contribution is 5.98. The molecular formula is C10H6O8. The number of hydrogen-bond donors (Lipinski definition) is 2. The Bertz CT molecular complexity index is 454. The van der Waals surface area contributed by atoms with Crippen molar-refractivity contribution in [2.45, 2.75) is 0 Å². The van der Waals surface area contributed by atoms with E-state index < -0.39 is 24.2 Å². The van der Waals surface area contributed by atoms with Gasteiger partial charge in [0, 0.05) is 0 Å². The van der Waals surface area contributed by atoms with Crippen molar-refractivity contribution in [3.05, 3.63) is 35.4 Å². The minimum atomic E-state index is -1.76. The molecule has 0 aliphatic carbocycles. The van der Waals surface area contributed by atoms with Crippen LogP contribution in [0.2, 0.25) is 0 Å². The molecule has 0 aromatic heterocycles. The molecule has 0 aliphatic rings. The zero-order valence-corrected chi connectivity index (χ0v) is 8.65. The fraction of sp³-hybridized carbons (Fsp3) is 0. The Kier molecular flexibility index (Phi) is 3.98. The maximum Gasteiger partial charge on any atom is 0.513 e. The number of carbonyl (C=O) groups is 4. The van der Waals surface area contributed by atoms with Crippen LogP contribution in [0.15, 0.2) is 24.3 Å².